The first-order valence-electron chi connectivity index (χ1n) is 6.70. The molecular weight excluding hydrogens is 332 g/mol. The maximum absolute atomic E-state index is 12.1. The van der Waals surface area contributed by atoms with Crippen molar-refractivity contribution in [2.45, 2.75) is 32.0 Å². The summed E-state index contributed by atoms with van der Waals surface area (Å²) >= 11 is 3.40. The molecule has 5 nitrogen and oxygen atoms in total. The lowest BCUT2D eigenvalue weighted by Crippen LogP contribution is -2.53. The first kappa shape index (κ1) is 16.9. The molecule has 1 aliphatic heterocycles. The van der Waals surface area contributed by atoms with Crippen LogP contribution in [0.25, 0.3) is 0 Å². The molecular formula is C12H23BrN2O3S. The van der Waals surface area contributed by atoms with Crippen LogP contribution in [0.4, 0.5) is 0 Å². The average Bonchev–Trinajstić information content (AvgIpc) is 2.37. The molecule has 1 saturated heterocycles. The molecule has 1 heterocycles. The minimum absolute atomic E-state index is 0.0579. The Kier molecular flexibility index (Phi) is 6.26. The Bertz CT molecular complexity index is 403. The Morgan fingerprint density at radius 3 is 2.16 bits per heavy atom. The van der Waals surface area contributed by atoms with Crippen LogP contribution in [-0.4, -0.2) is 60.3 Å². The first-order valence-corrected chi connectivity index (χ1v) is 9.22. The molecule has 0 radical (unpaired) electrons. The fourth-order valence-electron chi connectivity index (χ4n) is 2.03. The molecule has 0 aliphatic carbocycles. The molecule has 1 amide bonds. The Balaban J connectivity index is 2.56. The van der Waals surface area contributed by atoms with Gasteiger partial charge in [-0.1, -0.05) is 36.7 Å². The molecule has 0 spiro atoms. The van der Waals surface area contributed by atoms with Crippen LogP contribution in [0.15, 0.2) is 0 Å². The zero-order chi connectivity index (χ0) is 14.6. The quantitative estimate of drug-likeness (QED) is 0.699. The largest absolute Gasteiger partial charge is 0.339 e. The average molecular weight is 355 g/mol. The monoisotopic (exact) mass is 354 g/mol. The summed E-state index contributed by atoms with van der Waals surface area (Å²) in [5, 5.41) is 0. The highest BCUT2D eigenvalue weighted by Gasteiger charge is 2.31. The Labute approximate surface area is 124 Å². The second-order valence-corrected chi connectivity index (χ2v) is 8.26. The fraction of sp³-hybridized carbons (Fsp3) is 0.917. The lowest BCUT2D eigenvalue weighted by atomic mass is 10.1. The van der Waals surface area contributed by atoms with Gasteiger partial charge in [0, 0.05) is 26.2 Å². The van der Waals surface area contributed by atoms with E-state index in [1.807, 2.05) is 20.8 Å². The van der Waals surface area contributed by atoms with Gasteiger partial charge in [-0.05, 0) is 12.3 Å². The van der Waals surface area contributed by atoms with E-state index < -0.39 is 10.0 Å². The third kappa shape index (κ3) is 4.43. The Morgan fingerprint density at radius 1 is 1.21 bits per heavy atom. The third-order valence-corrected chi connectivity index (χ3v) is 6.75. The second-order valence-electron chi connectivity index (χ2n) is 5.19. The van der Waals surface area contributed by atoms with Crippen LogP contribution >= 0.6 is 15.9 Å². The van der Waals surface area contributed by atoms with E-state index in [1.54, 1.807) is 4.90 Å². The van der Waals surface area contributed by atoms with Crippen molar-refractivity contribution in [3.05, 3.63) is 0 Å². The van der Waals surface area contributed by atoms with Gasteiger partial charge in [-0.15, -0.1) is 0 Å². The maximum atomic E-state index is 12.1. The van der Waals surface area contributed by atoms with Crippen molar-refractivity contribution in [1.29, 1.82) is 0 Å². The molecule has 112 valence electrons. The van der Waals surface area contributed by atoms with Gasteiger partial charge in [0.15, 0.2) is 0 Å². The number of rotatable bonds is 5. The lowest BCUT2D eigenvalue weighted by Gasteiger charge is -2.35. The second kappa shape index (κ2) is 7.04. The van der Waals surface area contributed by atoms with Crippen LogP contribution in [-0.2, 0) is 14.8 Å². The molecule has 19 heavy (non-hydrogen) atoms. The number of hydrogen-bond acceptors (Lipinski definition) is 3. The molecule has 0 aromatic carbocycles. The topological polar surface area (TPSA) is 57.7 Å². The maximum Gasteiger partial charge on any atom is 0.236 e. The smallest absolute Gasteiger partial charge is 0.236 e. The van der Waals surface area contributed by atoms with Gasteiger partial charge in [0.05, 0.1) is 10.6 Å². The van der Waals surface area contributed by atoms with E-state index in [0.717, 1.165) is 0 Å². The summed E-state index contributed by atoms with van der Waals surface area (Å²) in [6.07, 6.45) is 0.623. The zero-order valence-corrected chi connectivity index (χ0v) is 14.2. The summed E-state index contributed by atoms with van der Waals surface area (Å²) in [5.41, 5.74) is 0. The van der Waals surface area contributed by atoms with E-state index in [1.165, 1.54) is 4.31 Å². The van der Waals surface area contributed by atoms with Gasteiger partial charge in [0.1, 0.15) is 0 Å². The van der Waals surface area contributed by atoms with Crippen LogP contribution in [0.2, 0.25) is 0 Å². The third-order valence-electron chi connectivity index (χ3n) is 3.23. The van der Waals surface area contributed by atoms with Crippen LogP contribution in [0, 0.1) is 5.92 Å². The Morgan fingerprint density at radius 2 is 1.74 bits per heavy atom. The number of nitrogens with zero attached hydrogens (tertiary/aromatic N) is 2. The van der Waals surface area contributed by atoms with E-state index in [-0.39, 0.29) is 22.4 Å². The van der Waals surface area contributed by atoms with Gasteiger partial charge in [-0.2, -0.15) is 4.31 Å². The summed E-state index contributed by atoms with van der Waals surface area (Å²) in [5.74, 6) is 0.477. The predicted molar refractivity (Wildman–Crippen MR) is 79.8 cm³/mol. The summed E-state index contributed by atoms with van der Waals surface area (Å²) in [7, 11) is -3.14. The molecule has 1 fully saturated rings. The predicted octanol–water partition coefficient (Wildman–Crippen LogP) is 1.29. The number of amides is 1. The van der Waals surface area contributed by atoms with Crippen molar-refractivity contribution in [2.75, 3.05) is 31.9 Å². The minimum Gasteiger partial charge on any atom is -0.339 e. The van der Waals surface area contributed by atoms with E-state index >= 15 is 0 Å². The molecule has 1 atom stereocenters. The van der Waals surface area contributed by atoms with E-state index in [0.29, 0.717) is 32.6 Å². The van der Waals surface area contributed by atoms with Gasteiger partial charge in [0.2, 0.25) is 15.9 Å². The van der Waals surface area contributed by atoms with Crippen molar-refractivity contribution in [1.82, 2.24) is 9.21 Å². The van der Waals surface area contributed by atoms with Crippen molar-refractivity contribution in [3.63, 3.8) is 0 Å². The number of carbonyl (C=O) groups excluding carboxylic acids is 1. The molecule has 7 heteroatoms. The molecule has 0 N–H and O–H groups in total. The highest BCUT2D eigenvalue weighted by molar-refractivity contribution is 9.10. The molecule has 0 bridgehead atoms. The normalized spacial score (nSPS) is 19.7. The van der Waals surface area contributed by atoms with Crippen LogP contribution in [0.3, 0.4) is 0 Å². The van der Waals surface area contributed by atoms with Gasteiger partial charge in [-0.3, -0.25) is 4.79 Å². The van der Waals surface area contributed by atoms with Gasteiger partial charge in [-0.25, -0.2) is 8.42 Å². The van der Waals surface area contributed by atoms with Crippen LogP contribution in [0.5, 0.6) is 0 Å². The lowest BCUT2D eigenvalue weighted by molar-refractivity contribution is -0.132. The van der Waals surface area contributed by atoms with Crippen molar-refractivity contribution < 1.29 is 13.2 Å². The summed E-state index contributed by atoms with van der Waals surface area (Å²) in [4.78, 5) is 13.7. The molecule has 0 aromatic heterocycles. The summed E-state index contributed by atoms with van der Waals surface area (Å²) < 4.78 is 25.3. The molecule has 1 unspecified atom stereocenters. The molecule has 1 aliphatic rings. The first-order chi connectivity index (χ1) is 8.79. The van der Waals surface area contributed by atoms with Crippen LogP contribution in [0.1, 0.15) is 27.2 Å². The van der Waals surface area contributed by atoms with Gasteiger partial charge in [0.25, 0.3) is 0 Å². The molecule has 1 rings (SSSR count). The molecule has 0 saturated carbocycles. The number of piperazine rings is 1. The number of hydrogen-bond donors (Lipinski definition) is 0. The number of sulfonamides is 1. The fourth-order valence-corrected chi connectivity index (χ4v) is 3.82. The van der Waals surface area contributed by atoms with Crippen molar-refractivity contribution >= 4 is 31.9 Å². The van der Waals surface area contributed by atoms with Crippen molar-refractivity contribution in [2.24, 2.45) is 5.92 Å². The minimum atomic E-state index is -3.14. The summed E-state index contributed by atoms with van der Waals surface area (Å²) in [6, 6.07) is 0. The van der Waals surface area contributed by atoms with Crippen LogP contribution < -0.4 is 0 Å². The van der Waals surface area contributed by atoms with Gasteiger partial charge >= 0.3 is 0 Å². The van der Waals surface area contributed by atoms with E-state index in [9.17, 15) is 13.2 Å². The number of carbonyl (C=O) groups is 1. The number of alkyl halides is 1. The Hall–Kier alpha value is -0.140. The SMILES string of the molecule is CCCS(=O)(=O)N1CCN(C(=O)C(Br)C(C)C)CC1. The molecule has 0 aromatic rings. The highest BCUT2D eigenvalue weighted by Crippen LogP contribution is 2.17. The summed E-state index contributed by atoms with van der Waals surface area (Å²) in [6.45, 7) is 7.61. The number of halogens is 1. The zero-order valence-electron chi connectivity index (χ0n) is 11.8. The van der Waals surface area contributed by atoms with E-state index in [4.69, 9.17) is 0 Å². The standard InChI is InChI=1S/C12H23BrN2O3S/c1-4-9-19(17,18)15-7-5-14(6-8-15)12(16)11(13)10(2)3/h10-11H,4-9H2,1-3H3. The van der Waals surface area contributed by atoms with Gasteiger partial charge < -0.3 is 4.90 Å². The highest BCUT2D eigenvalue weighted by atomic mass is 79.9. The van der Waals surface area contributed by atoms with E-state index in [2.05, 4.69) is 15.9 Å². The van der Waals surface area contributed by atoms with Crippen molar-refractivity contribution in [3.8, 4) is 0 Å².